The zero-order valence-corrected chi connectivity index (χ0v) is 14.9. The van der Waals surface area contributed by atoms with Crippen LogP contribution in [0, 0.1) is 0 Å². The summed E-state index contributed by atoms with van der Waals surface area (Å²) in [6.07, 6.45) is 7.25. The van der Waals surface area contributed by atoms with Crippen molar-refractivity contribution in [2.75, 3.05) is 23.3 Å². The molecule has 1 aliphatic heterocycles. The molecule has 2 aromatic heterocycles. The summed E-state index contributed by atoms with van der Waals surface area (Å²) in [4.78, 5) is 22.7. The largest absolute Gasteiger partial charge is 0.357 e. The molecule has 1 aromatic carbocycles. The van der Waals surface area contributed by atoms with Crippen molar-refractivity contribution >= 4 is 17.5 Å². The first-order chi connectivity index (χ1) is 13.3. The van der Waals surface area contributed by atoms with Gasteiger partial charge in [-0.1, -0.05) is 12.1 Å². The van der Waals surface area contributed by atoms with Gasteiger partial charge in [-0.25, -0.2) is 19.4 Å². The molecule has 8 nitrogen and oxygen atoms in total. The van der Waals surface area contributed by atoms with Crippen LogP contribution >= 0.6 is 0 Å². The third-order valence-corrected chi connectivity index (χ3v) is 4.51. The number of carbonyl (C=O) groups is 1. The fourth-order valence-corrected chi connectivity index (χ4v) is 3.06. The Morgan fingerprint density at radius 3 is 2.56 bits per heavy atom. The highest BCUT2D eigenvalue weighted by molar-refractivity contribution is 5.89. The third kappa shape index (κ3) is 4.22. The van der Waals surface area contributed by atoms with Crippen molar-refractivity contribution < 1.29 is 4.79 Å². The van der Waals surface area contributed by atoms with Crippen LogP contribution in [0.1, 0.15) is 18.4 Å². The van der Waals surface area contributed by atoms with Crippen LogP contribution < -0.4 is 15.5 Å². The van der Waals surface area contributed by atoms with Gasteiger partial charge in [-0.05, 0) is 42.7 Å². The second kappa shape index (κ2) is 7.86. The predicted octanol–water partition coefficient (Wildman–Crippen LogP) is 2.58. The number of anilines is 2. The predicted molar refractivity (Wildman–Crippen MR) is 103 cm³/mol. The number of nitrogens with one attached hydrogen (secondary N) is 2. The van der Waals surface area contributed by atoms with Gasteiger partial charge >= 0.3 is 6.03 Å². The molecule has 1 aliphatic rings. The monoisotopic (exact) mass is 363 g/mol. The molecule has 3 heterocycles. The molecule has 0 saturated carbocycles. The average Bonchev–Trinajstić information content (AvgIpc) is 3.41. The first-order valence-electron chi connectivity index (χ1n) is 8.98. The van der Waals surface area contributed by atoms with Gasteiger partial charge < -0.3 is 15.5 Å². The van der Waals surface area contributed by atoms with Crippen LogP contribution in [0.4, 0.5) is 16.3 Å². The number of hydrogen-bond acceptors (Lipinski definition) is 5. The van der Waals surface area contributed by atoms with Crippen LogP contribution in [0.25, 0.3) is 5.69 Å². The normalized spacial score (nSPS) is 13.6. The number of carbonyl (C=O) groups excluding carboxylic acids is 1. The van der Waals surface area contributed by atoms with Crippen molar-refractivity contribution in [2.45, 2.75) is 19.4 Å². The fraction of sp³-hybridized carbons (Fsp3) is 0.263. The fourth-order valence-electron chi connectivity index (χ4n) is 3.06. The summed E-state index contributed by atoms with van der Waals surface area (Å²) in [5.41, 5.74) is 2.60. The molecule has 4 rings (SSSR count). The lowest BCUT2D eigenvalue weighted by Crippen LogP contribution is -2.28. The van der Waals surface area contributed by atoms with Crippen LogP contribution in [-0.2, 0) is 6.54 Å². The minimum absolute atomic E-state index is 0.258. The maximum absolute atomic E-state index is 12.1. The Balaban J connectivity index is 1.28. The molecule has 0 radical (unpaired) electrons. The second-order valence-corrected chi connectivity index (χ2v) is 6.41. The van der Waals surface area contributed by atoms with E-state index in [0.29, 0.717) is 12.2 Å². The van der Waals surface area contributed by atoms with Crippen molar-refractivity contribution in [3.8, 4) is 5.69 Å². The number of amides is 2. The molecule has 3 aromatic rings. The molecule has 27 heavy (non-hydrogen) atoms. The summed E-state index contributed by atoms with van der Waals surface area (Å²) in [6.45, 7) is 2.54. The average molecular weight is 363 g/mol. The first kappa shape index (κ1) is 17.0. The molecule has 0 atom stereocenters. The van der Waals surface area contributed by atoms with Crippen molar-refractivity contribution in [3.05, 3.63) is 60.8 Å². The molecule has 2 N–H and O–H groups in total. The Morgan fingerprint density at radius 1 is 1.07 bits per heavy atom. The lowest BCUT2D eigenvalue weighted by atomic mass is 10.2. The number of benzene rings is 1. The summed E-state index contributed by atoms with van der Waals surface area (Å²) in [5, 5.41) is 9.74. The van der Waals surface area contributed by atoms with E-state index in [1.165, 1.54) is 19.2 Å². The van der Waals surface area contributed by atoms with Gasteiger partial charge in [0.15, 0.2) is 0 Å². The second-order valence-electron chi connectivity index (χ2n) is 6.41. The highest BCUT2D eigenvalue weighted by atomic mass is 16.2. The molecular weight excluding hydrogens is 342 g/mol. The van der Waals surface area contributed by atoms with Crippen molar-refractivity contribution in [1.29, 1.82) is 0 Å². The lowest BCUT2D eigenvalue weighted by Gasteiger charge is -2.16. The third-order valence-electron chi connectivity index (χ3n) is 4.51. The summed E-state index contributed by atoms with van der Waals surface area (Å²) < 4.78 is 1.68. The zero-order valence-electron chi connectivity index (χ0n) is 14.9. The molecule has 0 aliphatic carbocycles. The summed E-state index contributed by atoms with van der Waals surface area (Å²) in [5.74, 6) is 0.964. The van der Waals surface area contributed by atoms with Crippen molar-refractivity contribution in [2.24, 2.45) is 0 Å². The van der Waals surface area contributed by atoms with Gasteiger partial charge in [0, 0.05) is 19.6 Å². The Labute approximate surface area is 157 Å². The summed E-state index contributed by atoms with van der Waals surface area (Å²) >= 11 is 0. The molecule has 0 unspecified atom stereocenters. The quantitative estimate of drug-likeness (QED) is 0.727. The summed E-state index contributed by atoms with van der Waals surface area (Å²) in [6, 6.07) is 11.3. The van der Waals surface area contributed by atoms with Gasteiger partial charge in [0.25, 0.3) is 0 Å². The first-order valence-corrected chi connectivity index (χ1v) is 8.98. The Bertz CT molecular complexity index is 869. The molecule has 138 valence electrons. The lowest BCUT2D eigenvalue weighted by molar-refractivity contribution is 0.251. The van der Waals surface area contributed by atoms with E-state index in [1.54, 1.807) is 17.2 Å². The van der Waals surface area contributed by atoms with Gasteiger partial charge in [0.2, 0.25) is 0 Å². The smallest absolute Gasteiger partial charge is 0.319 e. The molecule has 2 amide bonds. The summed E-state index contributed by atoms with van der Waals surface area (Å²) in [7, 11) is 0. The Morgan fingerprint density at radius 2 is 1.89 bits per heavy atom. The Hall–Kier alpha value is -3.42. The van der Waals surface area contributed by atoms with E-state index in [-0.39, 0.29) is 6.03 Å². The minimum Gasteiger partial charge on any atom is -0.357 e. The standard InChI is InChI=1S/C19H21N7O/c27-19(24-16-5-8-18(21-12-16)25-9-1-2-10-25)22-11-15-3-6-17(7-4-15)26-14-20-13-23-26/h3-8,12-14H,1-2,9-11H2,(H2,22,24,27). The van der Waals surface area contributed by atoms with E-state index >= 15 is 0 Å². The molecule has 8 heteroatoms. The van der Waals surface area contributed by atoms with Gasteiger partial charge in [-0.15, -0.1) is 0 Å². The van der Waals surface area contributed by atoms with E-state index < -0.39 is 0 Å². The maximum Gasteiger partial charge on any atom is 0.319 e. The van der Waals surface area contributed by atoms with Gasteiger partial charge in [-0.2, -0.15) is 5.10 Å². The molecule has 1 fully saturated rings. The number of urea groups is 1. The SMILES string of the molecule is O=C(NCc1ccc(-n2cncn2)cc1)Nc1ccc(N2CCCC2)nc1. The number of pyridine rings is 1. The molecule has 1 saturated heterocycles. The number of rotatable bonds is 5. The highest BCUT2D eigenvalue weighted by Crippen LogP contribution is 2.19. The zero-order chi connectivity index (χ0) is 18.5. The molecule has 0 spiro atoms. The number of nitrogens with zero attached hydrogens (tertiary/aromatic N) is 5. The van der Waals surface area contributed by atoms with E-state index in [2.05, 4.69) is 30.6 Å². The van der Waals surface area contributed by atoms with Crippen LogP contribution in [0.3, 0.4) is 0 Å². The van der Waals surface area contributed by atoms with Crippen LogP contribution in [0.2, 0.25) is 0 Å². The highest BCUT2D eigenvalue weighted by Gasteiger charge is 2.13. The topological polar surface area (TPSA) is 88.0 Å². The number of hydrogen-bond donors (Lipinski definition) is 2. The van der Waals surface area contributed by atoms with Gasteiger partial charge in [0.1, 0.15) is 18.5 Å². The number of aromatic nitrogens is 4. The molecule has 0 bridgehead atoms. The van der Waals surface area contributed by atoms with Crippen molar-refractivity contribution in [1.82, 2.24) is 25.1 Å². The van der Waals surface area contributed by atoms with Gasteiger partial charge in [-0.3, -0.25) is 0 Å². The van der Waals surface area contributed by atoms with E-state index in [9.17, 15) is 4.79 Å². The van der Waals surface area contributed by atoms with E-state index in [4.69, 9.17) is 0 Å². The van der Waals surface area contributed by atoms with Crippen molar-refractivity contribution in [3.63, 3.8) is 0 Å². The van der Waals surface area contributed by atoms with E-state index in [0.717, 1.165) is 30.2 Å². The maximum atomic E-state index is 12.1. The minimum atomic E-state index is -0.258. The van der Waals surface area contributed by atoms with Crippen LogP contribution in [0.5, 0.6) is 0 Å². The van der Waals surface area contributed by atoms with Crippen LogP contribution in [-0.4, -0.2) is 38.9 Å². The van der Waals surface area contributed by atoms with Gasteiger partial charge in [0.05, 0.1) is 17.6 Å². The van der Waals surface area contributed by atoms with E-state index in [1.807, 2.05) is 36.4 Å². The Kier molecular flexibility index (Phi) is 4.95. The molecular formula is C19H21N7O. The van der Waals surface area contributed by atoms with Crippen LogP contribution in [0.15, 0.2) is 55.2 Å².